The van der Waals surface area contributed by atoms with E-state index in [2.05, 4.69) is 4.98 Å². The lowest BCUT2D eigenvalue weighted by molar-refractivity contribution is -0.386. The molecule has 8 nitrogen and oxygen atoms in total. The number of pyridine rings is 1. The summed E-state index contributed by atoms with van der Waals surface area (Å²) in [6, 6.07) is 0. The van der Waals surface area contributed by atoms with Crippen LogP contribution in [0, 0.1) is 10.1 Å². The van der Waals surface area contributed by atoms with Crippen LogP contribution in [0.25, 0.3) is 0 Å². The van der Waals surface area contributed by atoms with Gasteiger partial charge < -0.3 is 5.73 Å². The van der Waals surface area contributed by atoms with E-state index in [1.54, 1.807) is 0 Å². The van der Waals surface area contributed by atoms with Gasteiger partial charge in [-0.25, -0.2) is 13.6 Å². The number of hydrogen-bond donors (Lipinski definition) is 2. The topological polar surface area (TPSA) is 142 Å². The molecular weight excluding hydrogens is 212 g/mol. The van der Waals surface area contributed by atoms with Gasteiger partial charge in [0.15, 0.2) is 4.90 Å². The van der Waals surface area contributed by atoms with Gasteiger partial charge >= 0.3 is 5.69 Å². The molecule has 0 saturated heterocycles. The third kappa shape index (κ3) is 1.78. The van der Waals surface area contributed by atoms with Crippen LogP contribution in [0.3, 0.4) is 0 Å². The van der Waals surface area contributed by atoms with Crippen molar-refractivity contribution in [2.45, 2.75) is 4.90 Å². The molecule has 1 rings (SSSR count). The molecule has 0 saturated carbocycles. The first kappa shape index (κ1) is 10.3. The minimum Gasteiger partial charge on any atom is -0.392 e. The number of nitro groups is 1. The molecule has 0 amide bonds. The molecule has 0 spiro atoms. The molecule has 0 aromatic carbocycles. The molecule has 0 atom stereocenters. The van der Waals surface area contributed by atoms with Crippen molar-refractivity contribution in [3.63, 3.8) is 0 Å². The summed E-state index contributed by atoms with van der Waals surface area (Å²) in [6.07, 6.45) is 1.76. The van der Waals surface area contributed by atoms with Crippen molar-refractivity contribution in [2.24, 2.45) is 5.14 Å². The molecule has 14 heavy (non-hydrogen) atoms. The summed E-state index contributed by atoms with van der Waals surface area (Å²) in [6.45, 7) is 0. The van der Waals surface area contributed by atoms with Gasteiger partial charge in [0.25, 0.3) is 0 Å². The zero-order valence-electron chi connectivity index (χ0n) is 6.75. The minimum absolute atomic E-state index is 0.346. The Balaban J connectivity index is 3.61. The van der Waals surface area contributed by atoms with E-state index in [1.165, 1.54) is 0 Å². The van der Waals surface area contributed by atoms with Gasteiger partial charge in [-0.2, -0.15) is 0 Å². The largest absolute Gasteiger partial charge is 0.392 e. The molecule has 0 aliphatic rings. The molecule has 9 heteroatoms. The Morgan fingerprint density at radius 2 is 2.00 bits per heavy atom. The van der Waals surface area contributed by atoms with Crippen LogP contribution in [0.4, 0.5) is 11.4 Å². The average molecular weight is 218 g/mol. The van der Waals surface area contributed by atoms with Gasteiger partial charge in [0.1, 0.15) is 5.69 Å². The van der Waals surface area contributed by atoms with E-state index in [0.29, 0.717) is 0 Å². The van der Waals surface area contributed by atoms with Gasteiger partial charge in [0.2, 0.25) is 10.0 Å². The van der Waals surface area contributed by atoms with Crippen LogP contribution in [0.1, 0.15) is 0 Å². The van der Waals surface area contributed by atoms with Crippen molar-refractivity contribution in [2.75, 3.05) is 5.73 Å². The molecule has 1 aromatic rings. The van der Waals surface area contributed by atoms with Gasteiger partial charge in [-0.15, -0.1) is 0 Å². The average Bonchev–Trinajstić information content (AvgIpc) is 2.01. The number of anilines is 1. The molecule has 0 aliphatic carbocycles. The fourth-order valence-corrected chi connectivity index (χ4v) is 1.52. The lowest BCUT2D eigenvalue weighted by Gasteiger charge is -2.01. The van der Waals surface area contributed by atoms with Crippen LogP contribution in [-0.2, 0) is 10.0 Å². The summed E-state index contributed by atoms with van der Waals surface area (Å²) in [5.41, 5.74) is 4.10. The molecule has 76 valence electrons. The van der Waals surface area contributed by atoms with Crippen molar-refractivity contribution < 1.29 is 13.3 Å². The second-order valence-electron chi connectivity index (χ2n) is 2.38. The second-order valence-corrected chi connectivity index (χ2v) is 3.91. The minimum atomic E-state index is -4.19. The number of nitrogens with zero attached hydrogens (tertiary/aromatic N) is 2. The van der Waals surface area contributed by atoms with Gasteiger partial charge in [-0.3, -0.25) is 15.1 Å². The third-order valence-corrected chi connectivity index (χ3v) is 2.31. The van der Waals surface area contributed by atoms with Crippen molar-refractivity contribution in [1.82, 2.24) is 4.98 Å². The highest BCUT2D eigenvalue weighted by Gasteiger charge is 2.25. The normalized spacial score (nSPS) is 11.2. The SMILES string of the molecule is Nc1cncc(S(N)(=O)=O)c1[N+](=O)[O-]. The highest BCUT2D eigenvalue weighted by molar-refractivity contribution is 7.89. The molecular formula is C5H6N4O4S. The second kappa shape index (κ2) is 3.20. The lowest BCUT2D eigenvalue weighted by atomic mass is 10.4. The first-order valence-corrected chi connectivity index (χ1v) is 4.79. The molecule has 4 N–H and O–H groups in total. The summed E-state index contributed by atoms with van der Waals surface area (Å²) in [7, 11) is -4.19. The van der Waals surface area contributed by atoms with Crippen LogP contribution in [0.5, 0.6) is 0 Å². The van der Waals surface area contributed by atoms with E-state index in [0.717, 1.165) is 12.4 Å². The summed E-state index contributed by atoms with van der Waals surface area (Å²) in [5, 5.41) is 15.2. The van der Waals surface area contributed by atoms with Crippen molar-refractivity contribution >= 4 is 21.4 Å². The molecule has 0 aliphatic heterocycles. The van der Waals surface area contributed by atoms with Crippen molar-refractivity contribution in [1.29, 1.82) is 0 Å². The van der Waals surface area contributed by atoms with Crippen LogP contribution >= 0.6 is 0 Å². The highest BCUT2D eigenvalue weighted by Crippen LogP contribution is 2.27. The Morgan fingerprint density at radius 1 is 1.43 bits per heavy atom. The lowest BCUT2D eigenvalue weighted by Crippen LogP contribution is -2.15. The Hall–Kier alpha value is -1.74. The Kier molecular flexibility index (Phi) is 2.36. The van der Waals surface area contributed by atoms with Crippen LogP contribution < -0.4 is 10.9 Å². The highest BCUT2D eigenvalue weighted by atomic mass is 32.2. The number of hydrogen-bond acceptors (Lipinski definition) is 6. The molecule has 1 aromatic heterocycles. The zero-order chi connectivity index (χ0) is 10.9. The molecule has 0 bridgehead atoms. The van der Waals surface area contributed by atoms with Crippen molar-refractivity contribution in [3.05, 3.63) is 22.5 Å². The smallest absolute Gasteiger partial charge is 0.315 e. The summed E-state index contributed by atoms with van der Waals surface area (Å²) in [5.74, 6) is 0. The maximum absolute atomic E-state index is 10.9. The number of sulfonamides is 1. The number of nitrogens with two attached hydrogens (primary N) is 2. The van der Waals surface area contributed by atoms with E-state index in [1.807, 2.05) is 0 Å². The summed E-state index contributed by atoms with van der Waals surface area (Å²) >= 11 is 0. The van der Waals surface area contributed by atoms with Crippen LogP contribution in [-0.4, -0.2) is 18.3 Å². The number of primary sulfonamides is 1. The first-order chi connectivity index (χ1) is 6.34. The Bertz CT molecular complexity index is 483. The Labute approximate surface area is 78.7 Å². The maximum atomic E-state index is 10.9. The van der Waals surface area contributed by atoms with Crippen LogP contribution in [0.15, 0.2) is 17.3 Å². The predicted octanol–water partition coefficient (Wildman–Crippen LogP) is -0.781. The number of rotatable bonds is 2. The van der Waals surface area contributed by atoms with Gasteiger partial charge in [-0.1, -0.05) is 0 Å². The van der Waals surface area contributed by atoms with E-state index in [9.17, 15) is 18.5 Å². The fourth-order valence-electron chi connectivity index (χ4n) is 0.853. The van der Waals surface area contributed by atoms with Gasteiger partial charge in [0.05, 0.1) is 17.3 Å². The molecule has 1 heterocycles. The Morgan fingerprint density at radius 3 is 2.36 bits per heavy atom. The molecule has 0 radical (unpaired) electrons. The predicted molar refractivity (Wildman–Crippen MR) is 46.7 cm³/mol. The third-order valence-electron chi connectivity index (χ3n) is 1.40. The number of aromatic nitrogens is 1. The monoisotopic (exact) mass is 218 g/mol. The van der Waals surface area contributed by atoms with E-state index >= 15 is 0 Å². The van der Waals surface area contributed by atoms with Crippen molar-refractivity contribution in [3.8, 4) is 0 Å². The molecule has 0 unspecified atom stereocenters. The van der Waals surface area contributed by atoms with Gasteiger partial charge in [-0.05, 0) is 0 Å². The molecule has 0 fully saturated rings. The fraction of sp³-hybridized carbons (Fsp3) is 0. The van der Waals surface area contributed by atoms with Gasteiger partial charge in [0, 0.05) is 0 Å². The maximum Gasteiger partial charge on any atom is 0.315 e. The van der Waals surface area contributed by atoms with E-state index in [4.69, 9.17) is 10.9 Å². The quantitative estimate of drug-likeness (QED) is 0.492. The summed E-state index contributed by atoms with van der Waals surface area (Å²) in [4.78, 5) is 12.3. The standard InChI is InChI=1S/C5H6N4O4S/c6-3-1-8-2-4(14(7,12)13)5(3)9(10)11/h1-2H,6H2,(H2,7,12,13). The van der Waals surface area contributed by atoms with Crippen LogP contribution in [0.2, 0.25) is 0 Å². The zero-order valence-corrected chi connectivity index (χ0v) is 7.56. The summed E-state index contributed by atoms with van der Waals surface area (Å²) < 4.78 is 21.8. The number of nitrogen functional groups attached to an aromatic ring is 1. The van der Waals surface area contributed by atoms with E-state index < -0.39 is 25.5 Å². The van der Waals surface area contributed by atoms with E-state index in [-0.39, 0.29) is 5.69 Å². The first-order valence-electron chi connectivity index (χ1n) is 3.24.